The number of carbonyl (C=O) groups excluding carboxylic acids is 1. The Balaban J connectivity index is 2.30. The van der Waals surface area contributed by atoms with Crippen molar-refractivity contribution in [2.45, 2.75) is 39.3 Å². The van der Waals surface area contributed by atoms with Crippen LogP contribution in [0.3, 0.4) is 0 Å². The van der Waals surface area contributed by atoms with Crippen LogP contribution < -0.4 is 26.5 Å². The molecular formula is C19H25F3N6O4. The van der Waals surface area contributed by atoms with Crippen LogP contribution in [0, 0.1) is 11.8 Å². The SMILES string of the molecule is CC#CCN1c2c(n(C(C)C)c(=O)n(C)c2=O)N(OC(=O)C(F)(F)F)C1N1CCNCC1. The van der Waals surface area contributed by atoms with Crippen molar-refractivity contribution >= 4 is 17.5 Å². The van der Waals surface area contributed by atoms with Crippen molar-refractivity contribution in [2.75, 3.05) is 42.7 Å². The molecule has 1 unspecified atom stereocenters. The maximum Gasteiger partial charge on any atom is 0.493 e. The number of carbonyl (C=O) groups is 1. The fourth-order valence-electron chi connectivity index (χ4n) is 3.80. The first-order valence-electron chi connectivity index (χ1n) is 10.1. The van der Waals surface area contributed by atoms with Gasteiger partial charge in [0, 0.05) is 39.3 Å². The van der Waals surface area contributed by atoms with E-state index in [1.54, 1.807) is 25.7 Å². The first-order chi connectivity index (χ1) is 15.0. The number of rotatable bonds is 4. The van der Waals surface area contributed by atoms with Gasteiger partial charge in [-0.2, -0.15) is 13.2 Å². The van der Waals surface area contributed by atoms with E-state index in [0.717, 1.165) is 14.2 Å². The fourth-order valence-corrected chi connectivity index (χ4v) is 3.80. The topological polar surface area (TPSA) is 92.0 Å². The number of nitrogens with zero attached hydrogens (tertiary/aromatic N) is 5. The molecule has 2 aliphatic rings. The number of hydrogen-bond acceptors (Lipinski definition) is 8. The van der Waals surface area contributed by atoms with Gasteiger partial charge in [0.2, 0.25) is 0 Å². The first-order valence-corrected chi connectivity index (χ1v) is 10.1. The number of hydrogen-bond donors (Lipinski definition) is 1. The van der Waals surface area contributed by atoms with Gasteiger partial charge in [-0.1, -0.05) is 5.92 Å². The molecule has 0 aromatic carbocycles. The minimum atomic E-state index is -5.27. The average Bonchev–Trinajstić information content (AvgIpc) is 3.04. The molecule has 1 N–H and O–H groups in total. The first kappa shape index (κ1) is 23.7. The summed E-state index contributed by atoms with van der Waals surface area (Å²) in [7, 11) is 1.29. The fraction of sp³-hybridized carbons (Fsp3) is 0.632. The van der Waals surface area contributed by atoms with Gasteiger partial charge in [0.1, 0.15) is 0 Å². The van der Waals surface area contributed by atoms with Crippen molar-refractivity contribution in [1.82, 2.24) is 19.4 Å². The Morgan fingerprint density at radius 1 is 1.25 bits per heavy atom. The van der Waals surface area contributed by atoms with Gasteiger partial charge >= 0.3 is 17.8 Å². The number of halogens is 3. The molecule has 0 aliphatic carbocycles. The molecule has 0 bridgehead atoms. The van der Waals surface area contributed by atoms with Crippen LogP contribution >= 0.6 is 0 Å². The summed E-state index contributed by atoms with van der Waals surface area (Å²) in [6.07, 6.45) is -6.35. The molecule has 1 saturated heterocycles. The van der Waals surface area contributed by atoms with E-state index in [-0.39, 0.29) is 18.1 Å². The van der Waals surface area contributed by atoms with E-state index in [1.165, 1.54) is 11.9 Å². The van der Waals surface area contributed by atoms with Crippen LogP contribution in [-0.4, -0.2) is 65.2 Å². The van der Waals surface area contributed by atoms with Crippen molar-refractivity contribution in [3.8, 4) is 11.8 Å². The molecular weight excluding hydrogens is 433 g/mol. The lowest BCUT2D eigenvalue weighted by Crippen LogP contribution is -2.61. The molecule has 10 nitrogen and oxygen atoms in total. The van der Waals surface area contributed by atoms with Crippen molar-refractivity contribution in [1.29, 1.82) is 0 Å². The minimum Gasteiger partial charge on any atom is -0.327 e. The Bertz CT molecular complexity index is 1060. The molecule has 1 fully saturated rings. The summed E-state index contributed by atoms with van der Waals surface area (Å²) in [6, 6.07) is -0.545. The summed E-state index contributed by atoms with van der Waals surface area (Å²) in [6.45, 7) is 6.73. The molecule has 1 aromatic rings. The molecule has 2 aliphatic heterocycles. The lowest BCUT2D eigenvalue weighted by Gasteiger charge is -2.40. The summed E-state index contributed by atoms with van der Waals surface area (Å²) >= 11 is 0. The molecule has 1 atom stereocenters. The smallest absolute Gasteiger partial charge is 0.327 e. The van der Waals surface area contributed by atoms with E-state index in [1.807, 2.05) is 0 Å². The third-order valence-corrected chi connectivity index (χ3v) is 5.26. The number of aromatic nitrogens is 2. The molecule has 0 spiro atoms. The Morgan fingerprint density at radius 2 is 1.88 bits per heavy atom. The Morgan fingerprint density at radius 3 is 2.41 bits per heavy atom. The number of piperazine rings is 1. The Labute approximate surface area is 182 Å². The maximum atomic E-state index is 13.1. The highest BCUT2D eigenvalue weighted by Gasteiger charge is 2.51. The van der Waals surface area contributed by atoms with Gasteiger partial charge < -0.3 is 15.1 Å². The van der Waals surface area contributed by atoms with Crippen molar-refractivity contribution in [3.05, 3.63) is 20.8 Å². The monoisotopic (exact) mass is 458 g/mol. The number of alkyl halides is 3. The molecule has 0 saturated carbocycles. The molecule has 3 heterocycles. The van der Waals surface area contributed by atoms with Crippen molar-refractivity contribution in [3.63, 3.8) is 0 Å². The maximum absolute atomic E-state index is 13.1. The van der Waals surface area contributed by atoms with E-state index in [2.05, 4.69) is 17.2 Å². The van der Waals surface area contributed by atoms with E-state index in [9.17, 15) is 27.6 Å². The second-order valence-corrected chi connectivity index (χ2v) is 7.67. The summed E-state index contributed by atoms with van der Waals surface area (Å²) in [4.78, 5) is 45.9. The van der Waals surface area contributed by atoms with Crippen molar-refractivity contribution < 1.29 is 22.8 Å². The molecule has 3 rings (SSSR count). The lowest BCUT2D eigenvalue weighted by atomic mass is 10.3. The zero-order valence-electron chi connectivity index (χ0n) is 18.2. The second-order valence-electron chi connectivity index (χ2n) is 7.67. The molecule has 0 amide bonds. The van der Waals surface area contributed by atoms with Crippen LogP contribution in [0.1, 0.15) is 26.8 Å². The molecule has 13 heteroatoms. The van der Waals surface area contributed by atoms with E-state index >= 15 is 0 Å². The predicted octanol–water partition coefficient (Wildman–Crippen LogP) is -0.0131. The van der Waals surface area contributed by atoms with Gasteiger partial charge in [0.25, 0.3) is 5.56 Å². The van der Waals surface area contributed by atoms with E-state index in [4.69, 9.17) is 4.84 Å². The highest BCUT2D eigenvalue weighted by molar-refractivity contribution is 5.80. The summed E-state index contributed by atoms with van der Waals surface area (Å²) in [5.41, 5.74) is -1.51. The van der Waals surface area contributed by atoms with Crippen LogP contribution in [0.5, 0.6) is 0 Å². The third-order valence-electron chi connectivity index (χ3n) is 5.26. The van der Waals surface area contributed by atoms with Crippen LogP contribution in [0.4, 0.5) is 24.7 Å². The van der Waals surface area contributed by atoms with Gasteiger partial charge in [-0.25, -0.2) is 9.59 Å². The summed E-state index contributed by atoms with van der Waals surface area (Å²) < 4.78 is 41.4. The lowest BCUT2D eigenvalue weighted by molar-refractivity contribution is -0.203. The van der Waals surface area contributed by atoms with E-state index < -0.39 is 35.7 Å². The average molecular weight is 458 g/mol. The Hall–Kier alpha value is -2.98. The van der Waals surface area contributed by atoms with Crippen LogP contribution in [-0.2, 0) is 16.7 Å². The summed E-state index contributed by atoms with van der Waals surface area (Å²) in [5.74, 6) is 2.88. The molecule has 0 radical (unpaired) electrons. The normalized spacial score (nSPS) is 19.1. The van der Waals surface area contributed by atoms with E-state index in [0.29, 0.717) is 26.2 Å². The number of anilines is 2. The minimum absolute atomic E-state index is 0.0241. The summed E-state index contributed by atoms with van der Waals surface area (Å²) in [5, 5.41) is 3.87. The number of fused-ring (bicyclic) bond motifs is 1. The Kier molecular flexibility index (Phi) is 6.56. The molecule has 176 valence electrons. The molecule has 32 heavy (non-hydrogen) atoms. The second kappa shape index (κ2) is 8.87. The number of hydroxylamine groups is 1. The van der Waals surface area contributed by atoms with Crippen LogP contribution in [0.15, 0.2) is 9.59 Å². The highest BCUT2D eigenvalue weighted by atomic mass is 19.4. The van der Waals surface area contributed by atoms with Crippen LogP contribution in [0.2, 0.25) is 0 Å². The molecule has 1 aromatic heterocycles. The van der Waals surface area contributed by atoms with Gasteiger partial charge in [0.15, 0.2) is 17.8 Å². The van der Waals surface area contributed by atoms with Gasteiger partial charge in [0.05, 0.1) is 6.54 Å². The van der Waals surface area contributed by atoms with Crippen LogP contribution in [0.25, 0.3) is 0 Å². The largest absolute Gasteiger partial charge is 0.493 e. The highest BCUT2D eigenvalue weighted by Crippen LogP contribution is 2.39. The predicted molar refractivity (Wildman–Crippen MR) is 110 cm³/mol. The van der Waals surface area contributed by atoms with Gasteiger partial charge in [-0.15, -0.1) is 11.0 Å². The number of nitrogens with one attached hydrogen (secondary N) is 1. The zero-order valence-corrected chi connectivity index (χ0v) is 18.2. The van der Waals surface area contributed by atoms with Gasteiger partial charge in [-0.3, -0.25) is 18.8 Å². The van der Waals surface area contributed by atoms with Crippen molar-refractivity contribution in [2.24, 2.45) is 7.05 Å². The quantitative estimate of drug-likeness (QED) is 0.630. The standard InChI is InChI=1S/C19H25F3N6O4/c1-5-6-9-26-13-14(27(12(2)3)18(31)24(4)15(13)29)28(32-16(30)19(20,21)22)17(26)25-10-7-23-8-11-25/h12,17,23H,7-11H2,1-4H3. The third kappa shape index (κ3) is 4.07. The zero-order chi connectivity index (χ0) is 23.8. The van der Waals surface area contributed by atoms with Gasteiger partial charge in [-0.05, 0) is 20.8 Å².